The van der Waals surface area contributed by atoms with Gasteiger partial charge in [-0.05, 0) is 49.1 Å². The van der Waals surface area contributed by atoms with Crippen molar-refractivity contribution in [3.63, 3.8) is 0 Å². The number of ketones is 1. The van der Waals surface area contributed by atoms with Crippen LogP contribution in [0.1, 0.15) is 43.4 Å². The lowest BCUT2D eigenvalue weighted by molar-refractivity contribution is -0.140. The van der Waals surface area contributed by atoms with Crippen molar-refractivity contribution in [1.29, 1.82) is 0 Å². The molecule has 1 amide bonds. The van der Waals surface area contributed by atoms with Crippen LogP contribution in [-0.4, -0.2) is 52.7 Å². The van der Waals surface area contributed by atoms with E-state index in [9.17, 15) is 19.8 Å². The molecule has 0 radical (unpaired) electrons. The fourth-order valence-electron chi connectivity index (χ4n) is 4.23. The summed E-state index contributed by atoms with van der Waals surface area (Å²) in [7, 11) is 0. The van der Waals surface area contributed by atoms with E-state index < -0.39 is 17.7 Å². The van der Waals surface area contributed by atoms with Crippen LogP contribution in [0, 0.1) is 0 Å². The Morgan fingerprint density at radius 3 is 2.72 bits per heavy atom. The average molecular weight is 437 g/mol. The minimum atomic E-state index is -0.827. The minimum Gasteiger partial charge on any atom is -0.508 e. The van der Waals surface area contributed by atoms with Crippen LogP contribution in [0.15, 0.2) is 54.1 Å². The third kappa shape index (κ3) is 4.34. The number of likely N-dealkylation sites (tertiary alicyclic amines) is 1. The fraction of sp³-hybridized carbons (Fsp3) is 0.360. The molecule has 32 heavy (non-hydrogen) atoms. The Balaban J connectivity index is 1.79. The maximum Gasteiger partial charge on any atom is 0.295 e. The number of ether oxygens (including phenoxy) is 2. The lowest BCUT2D eigenvalue weighted by Crippen LogP contribution is -2.36. The number of carbonyl (C=O) groups excluding carboxylic acids is 2. The van der Waals surface area contributed by atoms with Gasteiger partial charge in [0.2, 0.25) is 0 Å². The van der Waals surface area contributed by atoms with E-state index in [2.05, 4.69) is 0 Å². The molecule has 2 aliphatic rings. The number of amides is 1. The van der Waals surface area contributed by atoms with Crippen LogP contribution in [-0.2, 0) is 14.3 Å². The summed E-state index contributed by atoms with van der Waals surface area (Å²) in [5.74, 6) is -1.13. The highest BCUT2D eigenvalue weighted by molar-refractivity contribution is 6.46. The highest BCUT2D eigenvalue weighted by Crippen LogP contribution is 2.41. The maximum absolute atomic E-state index is 13.1. The van der Waals surface area contributed by atoms with Gasteiger partial charge in [0.25, 0.3) is 11.7 Å². The molecule has 0 spiro atoms. The summed E-state index contributed by atoms with van der Waals surface area (Å²) < 4.78 is 11.3. The van der Waals surface area contributed by atoms with E-state index in [-0.39, 0.29) is 29.7 Å². The molecule has 0 aromatic heterocycles. The van der Waals surface area contributed by atoms with Crippen molar-refractivity contribution >= 4 is 17.4 Å². The Kier molecular flexibility index (Phi) is 6.46. The molecule has 2 aromatic rings. The molecule has 168 valence electrons. The van der Waals surface area contributed by atoms with Crippen molar-refractivity contribution in [1.82, 2.24) is 4.90 Å². The minimum absolute atomic E-state index is 0.00811. The van der Waals surface area contributed by atoms with E-state index in [0.717, 1.165) is 19.3 Å². The smallest absolute Gasteiger partial charge is 0.295 e. The molecule has 2 aliphatic heterocycles. The maximum atomic E-state index is 13.1. The SMILES string of the molecule is CCCOc1cccc(/C(O)=C2/C(=O)C(=O)N(CC3CCCO3)C2c2cccc(O)c2)c1. The number of hydrogen-bond acceptors (Lipinski definition) is 6. The first-order valence-corrected chi connectivity index (χ1v) is 10.9. The molecule has 0 saturated carbocycles. The first kappa shape index (κ1) is 21.9. The quantitative estimate of drug-likeness (QED) is 0.389. The molecule has 2 aromatic carbocycles. The van der Waals surface area contributed by atoms with Gasteiger partial charge in [-0.15, -0.1) is 0 Å². The summed E-state index contributed by atoms with van der Waals surface area (Å²) >= 11 is 0. The highest BCUT2D eigenvalue weighted by Gasteiger charge is 2.47. The average Bonchev–Trinajstić information content (AvgIpc) is 3.40. The Hall–Kier alpha value is -3.32. The van der Waals surface area contributed by atoms with Crippen molar-refractivity contribution in [2.24, 2.45) is 0 Å². The van der Waals surface area contributed by atoms with Gasteiger partial charge in [0.15, 0.2) is 0 Å². The molecule has 2 atom stereocenters. The van der Waals surface area contributed by atoms with E-state index in [4.69, 9.17) is 9.47 Å². The van der Waals surface area contributed by atoms with Gasteiger partial charge in [-0.1, -0.05) is 31.2 Å². The Morgan fingerprint density at radius 1 is 1.19 bits per heavy atom. The Labute approximate surface area is 186 Å². The van der Waals surface area contributed by atoms with Crippen LogP contribution >= 0.6 is 0 Å². The Bertz CT molecular complexity index is 1040. The monoisotopic (exact) mass is 437 g/mol. The number of carbonyl (C=O) groups is 2. The third-order valence-corrected chi connectivity index (χ3v) is 5.73. The van der Waals surface area contributed by atoms with Gasteiger partial charge in [-0.25, -0.2) is 0 Å². The molecule has 7 heteroatoms. The second-order valence-corrected chi connectivity index (χ2v) is 8.06. The summed E-state index contributed by atoms with van der Waals surface area (Å²) in [5.41, 5.74) is 0.923. The first-order valence-electron chi connectivity index (χ1n) is 10.9. The topological polar surface area (TPSA) is 96.3 Å². The number of hydrogen-bond donors (Lipinski definition) is 2. The molecule has 2 fully saturated rings. The van der Waals surface area contributed by atoms with Crippen LogP contribution in [0.4, 0.5) is 0 Å². The molecular formula is C25H27NO6. The van der Waals surface area contributed by atoms with Crippen molar-refractivity contribution in [2.45, 2.75) is 38.3 Å². The largest absolute Gasteiger partial charge is 0.508 e. The molecule has 2 saturated heterocycles. The van der Waals surface area contributed by atoms with E-state index in [1.54, 1.807) is 36.4 Å². The molecule has 0 aliphatic carbocycles. The highest BCUT2D eigenvalue weighted by atomic mass is 16.5. The normalized spacial score (nSPS) is 22.5. The van der Waals surface area contributed by atoms with Gasteiger partial charge in [-0.3, -0.25) is 9.59 Å². The number of phenolic OH excluding ortho intramolecular Hbond substituents is 1. The summed E-state index contributed by atoms with van der Waals surface area (Å²) in [4.78, 5) is 27.5. The van der Waals surface area contributed by atoms with Gasteiger partial charge < -0.3 is 24.6 Å². The van der Waals surface area contributed by atoms with Crippen LogP contribution in [0.2, 0.25) is 0 Å². The van der Waals surface area contributed by atoms with Gasteiger partial charge in [-0.2, -0.15) is 0 Å². The van der Waals surface area contributed by atoms with Crippen LogP contribution in [0.25, 0.3) is 5.76 Å². The van der Waals surface area contributed by atoms with E-state index in [1.165, 1.54) is 17.0 Å². The van der Waals surface area contributed by atoms with E-state index >= 15 is 0 Å². The van der Waals surface area contributed by atoms with Crippen molar-refractivity contribution in [3.8, 4) is 11.5 Å². The number of aromatic hydroxyl groups is 1. The van der Waals surface area contributed by atoms with Gasteiger partial charge in [0.05, 0.1) is 24.3 Å². The molecule has 2 heterocycles. The number of nitrogens with zero attached hydrogens (tertiary/aromatic N) is 1. The molecule has 0 bridgehead atoms. The molecule has 2 N–H and O–H groups in total. The predicted octanol–water partition coefficient (Wildman–Crippen LogP) is 3.78. The van der Waals surface area contributed by atoms with Gasteiger partial charge >= 0.3 is 0 Å². The number of Topliss-reactive ketones (excluding diaryl/α,β-unsaturated/α-hetero) is 1. The zero-order valence-corrected chi connectivity index (χ0v) is 18.0. The number of aliphatic hydroxyl groups excluding tert-OH is 1. The number of aliphatic hydroxyl groups is 1. The first-order chi connectivity index (χ1) is 15.5. The van der Waals surface area contributed by atoms with Crippen molar-refractivity contribution in [2.75, 3.05) is 19.8 Å². The zero-order valence-electron chi connectivity index (χ0n) is 18.0. The van der Waals surface area contributed by atoms with Crippen LogP contribution in [0.5, 0.6) is 11.5 Å². The molecule has 2 unspecified atom stereocenters. The van der Waals surface area contributed by atoms with Crippen LogP contribution in [0.3, 0.4) is 0 Å². The lowest BCUT2D eigenvalue weighted by atomic mass is 9.95. The molecular weight excluding hydrogens is 410 g/mol. The second kappa shape index (κ2) is 9.44. The summed E-state index contributed by atoms with van der Waals surface area (Å²) in [6.07, 6.45) is 2.36. The van der Waals surface area contributed by atoms with E-state index in [1.807, 2.05) is 6.92 Å². The van der Waals surface area contributed by atoms with E-state index in [0.29, 0.717) is 30.1 Å². The van der Waals surface area contributed by atoms with Gasteiger partial charge in [0, 0.05) is 18.7 Å². The summed E-state index contributed by atoms with van der Waals surface area (Å²) in [5, 5.41) is 21.2. The van der Waals surface area contributed by atoms with Gasteiger partial charge in [0.1, 0.15) is 17.3 Å². The standard InChI is InChI=1S/C25H27NO6/c1-2-11-31-19-9-4-7-17(14-19)23(28)21-22(16-6-3-8-18(27)13-16)26(25(30)24(21)29)15-20-10-5-12-32-20/h3-4,6-9,13-14,20,22,27-28H,2,5,10-12,15H2,1H3/b23-21-. The lowest BCUT2D eigenvalue weighted by Gasteiger charge is -2.27. The number of benzene rings is 2. The summed E-state index contributed by atoms with van der Waals surface area (Å²) in [6.45, 7) is 3.38. The fourth-order valence-corrected chi connectivity index (χ4v) is 4.23. The number of phenols is 1. The number of rotatable bonds is 7. The zero-order chi connectivity index (χ0) is 22.7. The predicted molar refractivity (Wildman–Crippen MR) is 118 cm³/mol. The molecule has 4 rings (SSSR count). The summed E-state index contributed by atoms with van der Waals surface area (Å²) in [6, 6.07) is 12.4. The van der Waals surface area contributed by atoms with Crippen molar-refractivity contribution < 1.29 is 29.3 Å². The Morgan fingerprint density at radius 2 is 2.00 bits per heavy atom. The molecule has 7 nitrogen and oxygen atoms in total. The third-order valence-electron chi connectivity index (χ3n) is 5.73. The van der Waals surface area contributed by atoms with Crippen LogP contribution < -0.4 is 4.74 Å². The second-order valence-electron chi connectivity index (χ2n) is 8.06. The van der Waals surface area contributed by atoms with Crippen molar-refractivity contribution in [3.05, 3.63) is 65.2 Å².